The van der Waals surface area contributed by atoms with E-state index in [0.29, 0.717) is 12.5 Å². The lowest BCUT2D eigenvalue weighted by molar-refractivity contribution is 0.0978. The predicted molar refractivity (Wildman–Crippen MR) is 122 cm³/mol. The van der Waals surface area contributed by atoms with Crippen molar-refractivity contribution in [3.05, 3.63) is 36.3 Å². The Hall–Kier alpha value is -1.32. The normalized spacial score (nSPS) is 27.3. The summed E-state index contributed by atoms with van der Waals surface area (Å²) in [7, 11) is 1.24. The number of hydrogen-bond acceptors (Lipinski definition) is 2. The van der Waals surface area contributed by atoms with Crippen LogP contribution in [0.2, 0.25) is 0 Å². The van der Waals surface area contributed by atoms with Crippen LogP contribution in [-0.2, 0) is 9.47 Å². The van der Waals surface area contributed by atoms with Gasteiger partial charge < -0.3 is 9.47 Å². The van der Waals surface area contributed by atoms with Gasteiger partial charge in [-0.15, -0.1) is 0 Å². The molecular weight excluding hydrogens is 382 g/mol. The number of methoxy groups -OCH3 is 1. The van der Waals surface area contributed by atoms with E-state index in [1.54, 1.807) is 0 Å². The van der Waals surface area contributed by atoms with E-state index in [0.717, 1.165) is 30.6 Å². The molecule has 2 saturated carbocycles. The van der Waals surface area contributed by atoms with Gasteiger partial charge in [0.05, 0.1) is 13.7 Å². The summed E-state index contributed by atoms with van der Waals surface area (Å²) in [6, 6.07) is 0. The highest BCUT2D eigenvalue weighted by Gasteiger charge is 2.31. The molecule has 0 aromatic heterocycles. The Kier molecular flexibility index (Phi) is 13.0. The van der Waals surface area contributed by atoms with Crippen molar-refractivity contribution in [1.82, 2.24) is 0 Å². The van der Waals surface area contributed by atoms with Crippen LogP contribution >= 0.6 is 0 Å². The summed E-state index contributed by atoms with van der Waals surface area (Å²) in [4.78, 5) is 0. The summed E-state index contributed by atoms with van der Waals surface area (Å²) in [5, 5.41) is 0. The molecule has 2 rings (SSSR count). The minimum absolute atomic E-state index is 0.276. The Bertz CT molecular complexity index is 539. The number of ether oxygens (including phenoxy) is 2. The maximum Gasteiger partial charge on any atom is 0.203 e. The average molecular weight is 427 g/mol. The molecule has 2 aliphatic carbocycles. The first kappa shape index (κ1) is 26.7. The van der Waals surface area contributed by atoms with Crippen LogP contribution in [0, 0.1) is 23.7 Å². The molecule has 4 heteroatoms. The number of allylic oxidation sites excluding steroid dienone is 2. The van der Waals surface area contributed by atoms with Gasteiger partial charge in [-0.05, 0) is 62.2 Å². The fraction of sp³-hybridized carbons (Fsp3) is 0.769. The molecule has 0 atom stereocenters. The largest absolute Gasteiger partial charge is 0.494 e. The fourth-order valence-corrected chi connectivity index (χ4v) is 4.80. The summed E-state index contributed by atoms with van der Waals surface area (Å²) < 4.78 is 37.6. The van der Waals surface area contributed by atoms with Crippen molar-refractivity contribution < 1.29 is 18.3 Å². The Morgan fingerprint density at radius 1 is 0.767 bits per heavy atom. The van der Waals surface area contributed by atoms with Gasteiger partial charge in [0.2, 0.25) is 11.7 Å². The zero-order chi connectivity index (χ0) is 22.5. The number of rotatable bonds is 9. The first-order chi connectivity index (χ1) is 14.4. The molecule has 0 N–H and O–H groups in total. The molecule has 0 spiro atoms. The molecule has 0 aromatic carbocycles. The van der Waals surface area contributed by atoms with Gasteiger partial charge in [0.25, 0.3) is 0 Å². The lowest BCUT2D eigenvalue weighted by Crippen LogP contribution is -2.27. The Morgan fingerprint density at radius 3 is 1.63 bits per heavy atom. The first-order valence-electron chi connectivity index (χ1n) is 12.0. The lowest BCUT2D eigenvalue weighted by atomic mass is 9.69. The highest BCUT2D eigenvalue weighted by atomic mass is 19.2. The molecule has 0 bridgehead atoms. The van der Waals surface area contributed by atoms with Gasteiger partial charge in [-0.1, -0.05) is 66.0 Å². The summed E-state index contributed by atoms with van der Waals surface area (Å²) >= 11 is 0. The van der Waals surface area contributed by atoms with E-state index in [-0.39, 0.29) is 11.5 Å². The third kappa shape index (κ3) is 8.81. The molecule has 0 saturated heterocycles. The molecule has 0 radical (unpaired) electrons. The van der Waals surface area contributed by atoms with Gasteiger partial charge in [-0.3, -0.25) is 0 Å². The van der Waals surface area contributed by atoms with E-state index in [9.17, 15) is 8.78 Å². The second kappa shape index (κ2) is 14.6. The molecule has 2 nitrogen and oxygen atoms in total. The highest BCUT2D eigenvalue weighted by Crippen LogP contribution is 2.42. The van der Waals surface area contributed by atoms with Crippen molar-refractivity contribution >= 4 is 0 Å². The van der Waals surface area contributed by atoms with Gasteiger partial charge in [-0.25, -0.2) is 0 Å². The second-order valence-corrected chi connectivity index (χ2v) is 9.05. The van der Waals surface area contributed by atoms with Gasteiger partial charge in [0.15, 0.2) is 11.5 Å². The monoisotopic (exact) mass is 426 g/mol. The third-order valence-electron chi connectivity index (χ3n) is 6.57. The maximum atomic E-state index is 13.9. The standard InChI is InChI=1S/C23H36F2O2.C3H8/c1-5-6-18-7-11-20(12-8-18)21-13-9-19(10-14-21)15-27-17(3)23(25)22(24)16(2)26-4;1-3-2/h18-21H,2-3,5-15H2,1,4H3;3H2,1-2H3/b23-22-;. The minimum Gasteiger partial charge on any atom is -0.494 e. The second-order valence-electron chi connectivity index (χ2n) is 9.05. The van der Waals surface area contributed by atoms with Crippen molar-refractivity contribution in [3.8, 4) is 0 Å². The molecule has 30 heavy (non-hydrogen) atoms. The SMILES string of the molecule is C=C(OC)/C(F)=C(/F)C(=C)OCC1CCC(C2CCC(CCC)CC2)CC1.CCC. The molecule has 0 aromatic rings. The maximum absolute atomic E-state index is 13.9. The predicted octanol–water partition coefficient (Wildman–Crippen LogP) is 8.66. The molecule has 0 unspecified atom stereocenters. The Morgan fingerprint density at radius 2 is 1.20 bits per heavy atom. The van der Waals surface area contributed by atoms with Crippen molar-refractivity contribution in [2.24, 2.45) is 23.7 Å². The van der Waals surface area contributed by atoms with Crippen LogP contribution in [0.25, 0.3) is 0 Å². The molecule has 0 aliphatic heterocycles. The third-order valence-corrected chi connectivity index (χ3v) is 6.57. The average Bonchev–Trinajstić information content (AvgIpc) is 2.77. The Balaban J connectivity index is 0.00000141. The highest BCUT2D eigenvalue weighted by molar-refractivity contribution is 5.29. The van der Waals surface area contributed by atoms with Gasteiger partial charge in [0.1, 0.15) is 0 Å². The lowest BCUT2D eigenvalue weighted by Gasteiger charge is -2.37. The molecule has 174 valence electrons. The molecule has 2 fully saturated rings. The zero-order valence-electron chi connectivity index (χ0n) is 19.8. The summed E-state index contributed by atoms with van der Waals surface area (Å²) in [5.41, 5.74) is 0. The van der Waals surface area contributed by atoms with Crippen LogP contribution in [0.15, 0.2) is 36.3 Å². The van der Waals surface area contributed by atoms with E-state index in [1.165, 1.54) is 64.9 Å². The van der Waals surface area contributed by atoms with Crippen LogP contribution in [-0.4, -0.2) is 13.7 Å². The fourth-order valence-electron chi connectivity index (χ4n) is 4.80. The number of hydrogen-bond donors (Lipinski definition) is 0. The quantitative estimate of drug-likeness (QED) is 0.271. The molecule has 0 amide bonds. The number of halogens is 2. The van der Waals surface area contributed by atoms with Crippen molar-refractivity contribution in [2.45, 2.75) is 91.4 Å². The van der Waals surface area contributed by atoms with E-state index >= 15 is 0 Å². The molecule has 2 aliphatic rings. The summed E-state index contributed by atoms with van der Waals surface area (Å²) in [5.74, 6) is 0.184. The van der Waals surface area contributed by atoms with Gasteiger partial charge >= 0.3 is 0 Å². The minimum atomic E-state index is -1.15. The first-order valence-corrected chi connectivity index (χ1v) is 12.0. The van der Waals surface area contributed by atoms with E-state index < -0.39 is 11.7 Å². The van der Waals surface area contributed by atoms with E-state index in [1.807, 2.05) is 0 Å². The topological polar surface area (TPSA) is 18.5 Å². The van der Waals surface area contributed by atoms with Crippen LogP contribution in [0.1, 0.15) is 91.4 Å². The van der Waals surface area contributed by atoms with Gasteiger partial charge in [0, 0.05) is 0 Å². The van der Waals surface area contributed by atoms with Crippen LogP contribution in [0.3, 0.4) is 0 Å². The summed E-state index contributed by atoms with van der Waals surface area (Å²) in [6.45, 7) is 13.7. The van der Waals surface area contributed by atoms with Crippen molar-refractivity contribution in [1.29, 1.82) is 0 Å². The summed E-state index contributed by atoms with van der Waals surface area (Å²) in [6.07, 6.45) is 14.2. The van der Waals surface area contributed by atoms with Crippen molar-refractivity contribution in [3.63, 3.8) is 0 Å². The van der Waals surface area contributed by atoms with Crippen LogP contribution in [0.5, 0.6) is 0 Å². The molecular formula is C26H44F2O2. The Labute approximate surface area is 183 Å². The van der Waals surface area contributed by atoms with Crippen LogP contribution in [0.4, 0.5) is 8.78 Å². The van der Waals surface area contributed by atoms with E-state index in [2.05, 4.69) is 38.7 Å². The smallest absolute Gasteiger partial charge is 0.203 e. The molecule has 0 heterocycles. The van der Waals surface area contributed by atoms with Gasteiger partial charge in [-0.2, -0.15) is 8.78 Å². The van der Waals surface area contributed by atoms with Crippen LogP contribution < -0.4 is 0 Å². The van der Waals surface area contributed by atoms with E-state index in [4.69, 9.17) is 4.74 Å². The zero-order valence-corrected chi connectivity index (χ0v) is 19.8. The van der Waals surface area contributed by atoms with Crippen molar-refractivity contribution in [2.75, 3.05) is 13.7 Å².